The van der Waals surface area contributed by atoms with Crippen molar-refractivity contribution in [1.29, 1.82) is 0 Å². The summed E-state index contributed by atoms with van der Waals surface area (Å²) in [4.78, 5) is 11.3. The van der Waals surface area contributed by atoms with Crippen LogP contribution in [0.15, 0.2) is 35.4 Å². The quantitative estimate of drug-likeness (QED) is 0.352. The van der Waals surface area contributed by atoms with Crippen LogP contribution in [0.2, 0.25) is 0 Å². The molecule has 170 valence electrons. The van der Waals surface area contributed by atoms with Crippen molar-refractivity contribution in [2.45, 2.75) is 97.3 Å². The van der Waals surface area contributed by atoms with Crippen LogP contribution in [0.25, 0.3) is 0 Å². The Hall–Kier alpha value is -2.03. The molecule has 31 heavy (non-hydrogen) atoms. The Morgan fingerprint density at radius 3 is 2.29 bits per heavy atom. The molecule has 0 amide bonds. The summed E-state index contributed by atoms with van der Waals surface area (Å²) in [6, 6.07) is 4.80. The molecule has 2 aliphatic rings. The number of fused-ring (bicyclic) bond motifs is 1. The van der Waals surface area contributed by atoms with Gasteiger partial charge in [-0.25, -0.2) is 4.79 Å². The van der Waals surface area contributed by atoms with Crippen molar-refractivity contribution in [3.63, 3.8) is 0 Å². The van der Waals surface area contributed by atoms with Crippen LogP contribution in [0.4, 0.5) is 0 Å². The Kier molecular flexibility index (Phi) is 6.74. The van der Waals surface area contributed by atoms with Gasteiger partial charge in [0.1, 0.15) is 5.75 Å². The van der Waals surface area contributed by atoms with Gasteiger partial charge in [0.2, 0.25) is 0 Å². The molecular formula is C28H40O3. The third kappa shape index (κ3) is 4.91. The largest absolute Gasteiger partial charge is 0.494 e. The maximum absolute atomic E-state index is 11.3. The number of aliphatic carboxylic acids is 1. The highest BCUT2D eigenvalue weighted by atomic mass is 16.5. The SMILES string of the molecule is CCOc1cc2c(cc1C1CC1CC=CC(C)=C(CC)C(=O)O)C(C)(C)CCC2(C)C. The summed E-state index contributed by atoms with van der Waals surface area (Å²) < 4.78 is 6.14. The zero-order valence-electron chi connectivity index (χ0n) is 20.5. The average molecular weight is 425 g/mol. The van der Waals surface area contributed by atoms with Crippen LogP contribution in [0, 0.1) is 5.92 Å². The van der Waals surface area contributed by atoms with Crippen LogP contribution >= 0.6 is 0 Å². The Morgan fingerprint density at radius 2 is 1.74 bits per heavy atom. The summed E-state index contributed by atoms with van der Waals surface area (Å²) in [6.07, 6.45) is 9.28. The molecule has 2 unspecified atom stereocenters. The van der Waals surface area contributed by atoms with E-state index in [9.17, 15) is 9.90 Å². The van der Waals surface area contributed by atoms with Gasteiger partial charge in [0.15, 0.2) is 0 Å². The van der Waals surface area contributed by atoms with Crippen LogP contribution in [-0.4, -0.2) is 17.7 Å². The van der Waals surface area contributed by atoms with Crippen molar-refractivity contribution in [2.75, 3.05) is 6.61 Å². The van der Waals surface area contributed by atoms with Crippen molar-refractivity contribution in [3.8, 4) is 5.75 Å². The second-order valence-corrected chi connectivity index (χ2v) is 10.7. The number of hydrogen-bond donors (Lipinski definition) is 1. The summed E-state index contributed by atoms with van der Waals surface area (Å²) in [5, 5.41) is 9.31. The average Bonchev–Trinajstić information content (AvgIpc) is 3.45. The Balaban J connectivity index is 1.84. The minimum absolute atomic E-state index is 0.186. The summed E-state index contributed by atoms with van der Waals surface area (Å²) in [7, 11) is 0. The summed E-state index contributed by atoms with van der Waals surface area (Å²) in [5.41, 5.74) is 6.07. The highest BCUT2D eigenvalue weighted by Gasteiger charge is 2.43. The Labute approximate surface area is 188 Å². The lowest BCUT2D eigenvalue weighted by Gasteiger charge is -2.42. The first-order chi connectivity index (χ1) is 14.5. The van der Waals surface area contributed by atoms with Crippen molar-refractivity contribution >= 4 is 5.97 Å². The molecule has 1 fully saturated rings. The van der Waals surface area contributed by atoms with Gasteiger partial charge in [0.05, 0.1) is 6.61 Å². The molecule has 0 aliphatic heterocycles. The van der Waals surface area contributed by atoms with Crippen LogP contribution < -0.4 is 4.74 Å². The van der Waals surface area contributed by atoms with E-state index in [0.29, 0.717) is 30.4 Å². The lowest BCUT2D eigenvalue weighted by Crippen LogP contribution is -2.34. The van der Waals surface area contributed by atoms with Crippen LogP contribution in [0.3, 0.4) is 0 Å². The van der Waals surface area contributed by atoms with Crippen LogP contribution in [0.1, 0.15) is 103 Å². The van der Waals surface area contributed by atoms with E-state index in [1.165, 1.54) is 36.0 Å². The molecule has 0 bridgehead atoms. The van der Waals surface area contributed by atoms with Crippen LogP contribution in [-0.2, 0) is 15.6 Å². The fourth-order valence-corrected chi connectivity index (χ4v) is 5.19. The minimum atomic E-state index is -0.810. The van der Waals surface area contributed by atoms with Crippen molar-refractivity contribution in [1.82, 2.24) is 0 Å². The van der Waals surface area contributed by atoms with E-state index in [1.54, 1.807) is 0 Å². The van der Waals surface area contributed by atoms with E-state index in [1.807, 2.05) is 19.9 Å². The second kappa shape index (κ2) is 8.84. The van der Waals surface area contributed by atoms with Crippen LogP contribution in [0.5, 0.6) is 5.75 Å². The van der Waals surface area contributed by atoms with Crippen molar-refractivity contribution < 1.29 is 14.6 Å². The van der Waals surface area contributed by atoms with Gasteiger partial charge >= 0.3 is 5.97 Å². The molecular weight excluding hydrogens is 384 g/mol. The summed E-state index contributed by atoms with van der Waals surface area (Å²) in [5.74, 6) is 1.40. The highest BCUT2D eigenvalue weighted by molar-refractivity contribution is 5.87. The molecule has 0 spiro atoms. The molecule has 3 heteroatoms. The van der Waals surface area contributed by atoms with Crippen molar-refractivity contribution in [2.24, 2.45) is 5.92 Å². The van der Waals surface area contributed by atoms with E-state index < -0.39 is 5.97 Å². The number of ether oxygens (including phenoxy) is 1. The smallest absolute Gasteiger partial charge is 0.331 e. The molecule has 0 radical (unpaired) electrons. The topological polar surface area (TPSA) is 46.5 Å². The molecule has 3 nitrogen and oxygen atoms in total. The normalized spacial score (nSPS) is 24.5. The zero-order valence-corrected chi connectivity index (χ0v) is 20.5. The third-order valence-corrected chi connectivity index (χ3v) is 7.50. The van der Waals surface area contributed by atoms with Gasteiger partial charge < -0.3 is 9.84 Å². The summed E-state index contributed by atoms with van der Waals surface area (Å²) >= 11 is 0. The zero-order chi connectivity index (χ0) is 23.0. The molecule has 0 saturated heterocycles. The predicted molar refractivity (Wildman–Crippen MR) is 128 cm³/mol. The highest BCUT2D eigenvalue weighted by Crippen LogP contribution is 2.55. The fraction of sp³-hybridized carbons (Fsp3) is 0.607. The van der Waals surface area contributed by atoms with Gasteiger partial charge in [0.25, 0.3) is 0 Å². The number of hydrogen-bond acceptors (Lipinski definition) is 2. The number of carbonyl (C=O) groups is 1. The monoisotopic (exact) mass is 424 g/mol. The number of rotatable bonds is 8. The predicted octanol–water partition coefficient (Wildman–Crippen LogP) is 7.30. The Bertz CT molecular complexity index is 901. The van der Waals surface area contributed by atoms with Gasteiger partial charge in [-0.2, -0.15) is 0 Å². The molecule has 1 saturated carbocycles. The van der Waals surface area contributed by atoms with E-state index in [-0.39, 0.29) is 10.8 Å². The molecule has 2 aliphatic carbocycles. The third-order valence-electron chi connectivity index (χ3n) is 7.50. The van der Waals surface area contributed by atoms with Gasteiger partial charge in [-0.3, -0.25) is 0 Å². The Morgan fingerprint density at radius 1 is 1.13 bits per heavy atom. The maximum Gasteiger partial charge on any atom is 0.331 e. The molecule has 2 atom stereocenters. The van der Waals surface area contributed by atoms with Gasteiger partial charge in [-0.15, -0.1) is 0 Å². The first-order valence-corrected chi connectivity index (χ1v) is 11.9. The minimum Gasteiger partial charge on any atom is -0.494 e. The maximum atomic E-state index is 11.3. The molecule has 1 aromatic rings. The summed E-state index contributed by atoms with van der Waals surface area (Å²) in [6.45, 7) is 16.0. The second-order valence-electron chi connectivity index (χ2n) is 10.7. The number of allylic oxidation sites excluding steroid dienone is 3. The van der Waals surface area contributed by atoms with Gasteiger partial charge in [-0.05, 0) is 96.9 Å². The van der Waals surface area contributed by atoms with Gasteiger partial charge in [0, 0.05) is 5.57 Å². The standard InChI is InChI=1S/C28H40O3/c1-8-20(26(29)30)18(3)11-10-12-19-15-21(19)22-16-23-24(17-25(22)31-9-2)28(6,7)14-13-27(23,4)5/h10-11,16-17,19,21H,8-9,12-15H2,1-7H3,(H,29,30). The van der Waals surface area contributed by atoms with Gasteiger partial charge in [-0.1, -0.05) is 52.8 Å². The molecule has 1 N–H and O–H groups in total. The lowest BCUT2D eigenvalue weighted by atomic mass is 9.62. The van der Waals surface area contributed by atoms with E-state index in [2.05, 4.69) is 52.8 Å². The molecule has 0 heterocycles. The fourth-order valence-electron chi connectivity index (χ4n) is 5.19. The van der Waals surface area contributed by atoms with E-state index in [4.69, 9.17) is 4.74 Å². The van der Waals surface area contributed by atoms with E-state index in [0.717, 1.165) is 17.7 Å². The molecule has 0 aromatic heterocycles. The van der Waals surface area contributed by atoms with E-state index >= 15 is 0 Å². The lowest BCUT2D eigenvalue weighted by molar-refractivity contribution is -0.132. The molecule has 1 aromatic carbocycles. The molecule has 3 rings (SSSR count). The van der Waals surface area contributed by atoms with Crippen molar-refractivity contribution in [3.05, 3.63) is 52.1 Å². The number of carboxylic acids is 1. The number of benzene rings is 1. The first-order valence-electron chi connectivity index (χ1n) is 11.9. The number of carboxylic acid groups (broad SMARTS) is 1. The first kappa shape index (κ1) is 23.6.